The van der Waals surface area contributed by atoms with E-state index in [1.165, 1.54) is 48.5 Å². The summed E-state index contributed by atoms with van der Waals surface area (Å²) in [6.07, 6.45) is -5.02. The normalized spacial score (nSPS) is 15.4. The van der Waals surface area contributed by atoms with Gasteiger partial charge >= 0.3 is 12.1 Å². The first-order chi connectivity index (χ1) is 18.7. The van der Waals surface area contributed by atoms with Gasteiger partial charge < -0.3 is 5.11 Å². The van der Waals surface area contributed by atoms with Gasteiger partial charge in [-0.25, -0.2) is 26.4 Å². The Hall–Kier alpha value is -3.77. The molecular formula is C26H22F3N3O6S2. The molecule has 0 amide bonds. The maximum absolute atomic E-state index is 13.9. The van der Waals surface area contributed by atoms with Gasteiger partial charge in [0.2, 0.25) is 20.0 Å². The standard InChI is InChI=1S/C26H22F3N3O6S2/c27-26(28,29)23-15-19(18-6-4-17(16-30)5-7-18)8-9-24(23)39(35,36)31-21-10-12-32(13-11-21)40(37,38)22-3-1-2-20(14-22)25(33)34/h1-9,14-15,21,31H,10-13H2,(H,33,34). The van der Waals surface area contributed by atoms with E-state index in [-0.39, 0.29) is 42.0 Å². The van der Waals surface area contributed by atoms with Crippen LogP contribution in [0, 0.1) is 11.3 Å². The fourth-order valence-electron chi connectivity index (χ4n) is 4.34. The highest BCUT2D eigenvalue weighted by Crippen LogP contribution is 2.37. The average Bonchev–Trinajstić information content (AvgIpc) is 2.92. The summed E-state index contributed by atoms with van der Waals surface area (Å²) in [6, 6.07) is 14.5. The minimum atomic E-state index is -4.99. The predicted octanol–water partition coefficient (Wildman–Crippen LogP) is 4.07. The summed E-state index contributed by atoms with van der Waals surface area (Å²) in [4.78, 5) is 10.0. The second-order valence-corrected chi connectivity index (χ2v) is 12.7. The highest BCUT2D eigenvalue weighted by molar-refractivity contribution is 7.89. The summed E-state index contributed by atoms with van der Waals surface area (Å²) in [6.45, 7) is -0.257. The number of sulfonamides is 2. The zero-order valence-electron chi connectivity index (χ0n) is 20.6. The van der Waals surface area contributed by atoms with Crippen molar-refractivity contribution in [2.24, 2.45) is 0 Å². The van der Waals surface area contributed by atoms with E-state index in [4.69, 9.17) is 10.4 Å². The third-order valence-corrected chi connectivity index (χ3v) is 9.89. The number of hydrogen-bond donors (Lipinski definition) is 2. The molecule has 0 aliphatic carbocycles. The van der Waals surface area contributed by atoms with Gasteiger partial charge in [0.1, 0.15) is 0 Å². The minimum absolute atomic E-state index is 0.0121. The number of rotatable bonds is 7. The number of piperidine rings is 1. The number of hydrogen-bond acceptors (Lipinski definition) is 6. The van der Waals surface area contributed by atoms with E-state index in [0.717, 1.165) is 22.5 Å². The molecule has 40 heavy (non-hydrogen) atoms. The first-order valence-corrected chi connectivity index (χ1v) is 14.7. The van der Waals surface area contributed by atoms with Crippen LogP contribution in [-0.2, 0) is 26.2 Å². The van der Waals surface area contributed by atoms with E-state index < -0.39 is 48.7 Å². The van der Waals surface area contributed by atoms with E-state index in [1.807, 2.05) is 6.07 Å². The number of alkyl halides is 3. The Morgan fingerprint density at radius 2 is 1.57 bits per heavy atom. The lowest BCUT2D eigenvalue weighted by Gasteiger charge is -2.31. The number of halogens is 3. The monoisotopic (exact) mass is 593 g/mol. The van der Waals surface area contributed by atoms with Gasteiger partial charge in [0, 0.05) is 19.1 Å². The number of carboxylic acid groups (broad SMARTS) is 1. The topological polar surface area (TPSA) is 145 Å². The van der Waals surface area contributed by atoms with Gasteiger partial charge in [0.05, 0.1) is 32.6 Å². The highest BCUT2D eigenvalue weighted by Gasteiger charge is 2.39. The van der Waals surface area contributed by atoms with Crippen molar-refractivity contribution in [2.45, 2.75) is 34.9 Å². The highest BCUT2D eigenvalue weighted by atomic mass is 32.2. The molecule has 1 fully saturated rings. The third kappa shape index (κ3) is 6.18. The van der Waals surface area contributed by atoms with Gasteiger partial charge in [-0.3, -0.25) is 0 Å². The molecule has 4 rings (SSSR count). The fourth-order valence-corrected chi connectivity index (χ4v) is 7.37. The van der Waals surface area contributed by atoms with Gasteiger partial charge in [-0.2, -0.15) is 22.7 Å². The first-order valence-electron chi connectivity index (χ1n) is 11.8. The number of nitrogens with zero attached hydrogens (tertiary/aromatic N) is 2. The van der Waals surface area contributed by atoms with E-state index in [2.05, 4.69) is 4.72 Å². The van der Waals surface area contributed by atoms with Crippen LogP contribution in [-0.4, -0.2) is 51.3 Å². The fraction of sp³-hybridized carbons (Fsp3) is 0.231. The zero-order chi connectivity index (χ0) is 29.3. The van der Waals surface area contributed by atoms with E-state index in [9.17, 15) is 34.8 Å². The van der Waals surface area contributed by atoms with E-state index in [0.29, 0.717) is 11.1 Å². The van der Waals surface area contributed by atoms with Crippen molar-refractivity contribution in [3.63, 3.8) is 0 Å². The lowest BCUT2D eigenvalue weighted by Crippen LogP contribution is -2.46. The number of nitriles is 1. The average molecular weight is 594 g/mol. The Morgan fingerprint density at radius 3 is 2.15 bits per heavy atom. The number of benzene rings is 3. The molecule has 2 N–H and O–H groups in total. The number of nitrogens with one attached hydrogen (secondary N) is 1. The molecule has 1 saturated heterocycles. The summed E-state index contributed by atoms with van der Waals surface area (Å²) in [5, 5.41) is 18.1. The summed E-state index contributed by atoms with van der Waals surface area (Å²) < 4.78 is 97.3. The Morgan fingerprint density at radius 1 is 0.950 bits per heavy atom. The molecule has 0 radical (unpaired) electrons. The van der Waals surface area contributed by atoms with Crippen LogP contribution in [0.5, 0.6) is 0 Å². The van der Waals surface area contributed by atoms with Crippen molar-refractivity contribution < 1.29 is 39.9 Å². The van der Waals surface area contributed by atoms with Crippen molar-refractivity contribution in [3.05, 3.63) is 83.4 Å². The second kappa shape index (κ2) is 11.0. The molecule has 3 aromatic rings. The van der Waals surface area contributed by atoms with Crippen LogP contribution >= 0.6 is 0 Å². The van der Waals surface area contributed by atoms with Crippen LogP contribution in [0.1, 0.15) is 34.3 Å². The Bertz CT molecular complexity index is 1690. The van der Waals surface area contributed by atoms with Gasteiger partial charge in [-0.05, 0) is 66.4 Å². The molecule has 1 aliphatic rings. The Kier molecular flexibility index (Phi) is 8.04. The van der Waals surface area contributed by atoms with Crippen LogP contribution in [0.3, 0.4) is 0 Å². The van der Waals surface area contributed by atoms with Gasteiger partial charge in [-0.1, -0.05) is 24.3 Å². The molecule has 0 bridgehead atoms. The van der Waals surface area contributed by atoms with Crippen molar-refractivity contribution in [3.8, 4) is 17.2 Å². The lowest BCUT2D eigenvalue weighted by molar-refractivity contribution is -0.139. The lowest BCUT2D eigenvalue weighted by atomic mass is 10.0. The minimum Gasteiger partial charge on any atom is -0.478 e. The van der Waals surface area contributed by atoms with Crippen molar-refractivity contribution in [2.75, 3.05) is 13.1 Å². The molecule has 0 saturated carbocycles. The number of carboxylic acids is 1. The second-order valence-electron chi connectivity index (χ2n) is 9.03. The molecule has 210 valence electrons. The Balaban J connectivity index is 1.52. The molecule has 3 aromatic carbocycles. The quantitative estimate of drug-likeness (QED) is 0.420. The molecule has 0 aromatic heterocycles. The zero-order valence-corrected chi connectivity index (χ0v) is 22.2. The SMILES string of the molecule is N#Cc1ccc(-c2ccc(S(=O)(=O)NC3CCN(S(=O)(=O)c4cccc(C(=O)O)c4)CC3)c(C(F)(F)F)c2)cc1. The number of aromatic carboxylic acids is 1. The maximum Gasteiger partial charge on any atom is 0.417 e. The molecule has 0 atom stereocenters. The Labute approximate surface area is 228 Å². The predicted molar refractivity (Wildman–Crippen MR) is 137 cm³/mol. The molecule has 1 aliphatic heterocycles. The summed E-state index contributed by atoms with van der Waals surface area (Å²) in [7, 11) is -8.72. The van der Waals surface area contributed by atoms with Gasteiger partial charge in [-0.15, -0.1) is 0 Å². The van der Waals surface area contributed by atoms with Crippen LogP contribution in [0.15, 0.2) is 76.5 Å². The molecule has 0 spiro atoms. The summed E-state index contributed by atoms with van der Waals surface area (Å²) in [5.74, 6) is -1.30. The molecule has 0 unspecified atom stereocenters. The molecule has 1 heterocycles. The van der Waals surface area contributed by atoms with E-state index >= 15 is 0 Å². The van der Waals surface area contributed by atoms with E-state index in [1.54, 1.807) is 0 Å². The van der Waals surface area contributed by atoms with Crippen molar-refractivity contribution in [1.82, 2.24) is 9.03 Å². The molecule has 9 nitrogen and oxygen atoms in total. The van der Waals surface area contributed by atoms with Crippen molar-refractivity contribution in [1.29, 1.82) is 5.26 Å². The summed E-state index contributed by atoms with van der Waals surface area (Å²) in [5.41, 5.74) is -0.782. The van der Waals surface area contributed by atoms with Crippen molar-refractivity contribution >= 4 is 26.0 Å². The first kappa shape index (κ1) is 29.2. The van der Waals surface area contributed by atoms with Crippen LogP contribution < -0.4 is 4.72 Å². The van der Waals surface area contributed by atoms with Gasteiger partial charge in [0.15, 0.2) is 0 Å². The molecule has 14 heteroatoms. The van der Waals surface area contributed by atoms with Gasteiger partial charge in [0.25, 0.3) is 0 Å². The largest absolute Gasteiger partial charge is 0.478 e. The smallest absolute Gasteiger partial charge is 0.417 e. The molecular weight excluding hydrogens is 571 g/mol. The maximum atomic E-state index is 13.9. The summed E-state index contributed by atoms with van der Waals surface area (Å²) >= 11 is 0. The van der Waals surface area contributed by atoms with Crippen LogP contribution in [0.4, 0.5) is 13.2 Å². The third-order valence-electron chi connectivity index (χ3n) is 6.42. The van der Waals surface area contributed by atoms with Crippen LogP contribution in [0.25, 0.3) is 11.1 Å². The number of carbonyl (C=O) groups is 1. The van der Waals surface area contributed by atoms with Crippen LogP contribution in [0.2, 0.25) is 0 Å².